The largest absolute Gasteiger partial charge is 0.330 e. The van der Waals surface area contributed by atoms with Crippen LogP contribution in [-0.2, 0) is 4.79 Å². The predicted molar refractivity (Wildman–Crippen MR) is 47.3 cm³/mol. The van der Waals surface area contributed by atoms with Crippen molar-refractivity contribution in [2.75, 3.05) is 6.54 Å². The van der Waals surface area contributed by atoms with Crippen LogP contribution in [0.15, 0.2) is 12.7 Å². The zero-order valence-electron chi connectivity index (χ0n) is 7.18. The van der Waals surface area contributed by atoms with Crippen LogP contribution >= 0.6 is 0 Å². The molecule has 0 aromatic carbocycles. The summed E-state index contributed by atoms with van der Waals surface area (Å²) in [5.74, 6) is 0.558. The van der Waals surface area contributed by atoms with E-state index in [4.69, 9.17) is 5.73 Å². The molecule has 2 nitrogen and oxygen atoms in total. The van der Waals surface area contributed by atoms with E-state index in [0.29, 0.717) is 18.9 Å². The molecular formula is C9H17NO. The van der Waals surface area contributed by atoms with Crippen molar-refractivity contribution >= 4 is 5.78 Å². The Labute approximate surface area is 68.5 Å². The predicted octanol–water partition coefficient (Wildman–Crippen LogP) is 1.51. The van der Waals surface area contributed by atoms with E-state index in [1.807, 2.05) is 6.08 Å². The molecule has 0 aliphatic heterocycles. The molecule has 0 spiro atoms. The average molecular weight is 155 g/mol. The highest BCUT2D eigenvalue weighted by atomic mass is 16.1. The maximum absolute atomic E-state index is 10.7. The van der Waals surface area contributed by atoms with Crippen molar-refractivity contribution in [1.82, 2.24) is 0 Å². The molecule has 0 aromatic heterocycles. The van der Waals surface area contributed by atoms with Gasteiger partial charge in [-0.05, 0) is 32.2 Å². The zero-order chi connectivity index (χ0) is 8.69. The highest BCUT2D eigenvalue weighted by Gasteiger charge is 2.05. The van der Waals surface area contributed by atoms with Gasteiger partial charge in [0.05, 0.1) is 0 Å². The molecule has 2 heteroatoms. The van der Waals surface area contributed by atoms with Crippen LogP contribution in [0.25, 0.3) is 0 Å². The molecule has 0 heterocycles. The van der Waals surface area contributed by atoms with Crippen LogP contribution in [0.5, 0.6) is 0 Å². The number of hydrogen-bond acceptors (Lipinski definition) is 2. The third-order valence-corrected chi connectivity index (χ3v) is 1.66. The van der Waals surface area contributed by atoms with E-state index in [1.54, 1.807) is 6.92 Å². The summed E-state index contributed by atoms with van der Waals surface area (Å²) < 4.78 is 0. The van der Waals surface area contributed by atoms with Gasteiger partial charge in [0, 0.05) is 6.42 Å². The SMILES string of the molecule is C=C[C@@H](CCCN)CC(C)=O. The van der Waals surface area contributed by atoms with Crippen LogP contribution in [0, 0.1) is 5.92 Å². The van der Waals surface area contributed by atoms with Gasteiger partial charge >= 0.3 is 0 Å². The lowest BCUT2D eigenvalue weighted by atomic mass is 9.98. The normalized spacial score (nSPS) is 12.5. The van der Waals surface area contributed by atoms with Crippen LogP contribution in [0.4, 0.5) is 0 Å². The number of rotatable bonds is 6. The molecule has 2 N–H and O–H groups in total. The van der Waals surface area contributed by atoms with Crippen molar-refractivity contribution in [2.24, 2.45) is 11.7 Å². The Bertz CT molecular complexity index is 132. The smallest absolute Gasteiger partial charge is 0.130 e. The molecule has 0 radical (unpaired) electrons. The Balaban J connectivity index is 3.57. The summed E-state index contributed by atoms with van der Waals surface area (Å²) in [7, 11) is 0. The molecule has 0 rings (SSSR count). The third kappa shape index (κ3) is 5.80. The third-order valence-electron chi connectivity index (χ3n) is 1.66. The Morgan fingerprint density at radius 2 is 2.36 bits per heavy atom. The van der Waals surface area contributed by atoms with Gasteiger partial charge in [0.1, 0.15) is 5.78 Å². The van der Waals surface area contributed by atoms with Crippen molar-refractivity contribution in [3.8, 4) is 0 Å². The lowest BCUT2D eigenvalue weighted by Crippen LogP contribution is -2.06. The van der Waals surface area contributed by atoms with Gasteiger partial charge in [-0.2, -0.15) is 0 Å². The minimum Gasteiger partial charge on any atom is -0.330 e. The number of nitrogens with two attached hydrogens (primary N) is 1. The van der Waals surface area contributed by atoms with Crippen molar-refractivity contribution < 1.29 is 4.79 Å². The molecule has 0 bridgehead atoms. The number of hydrogen-bond donors (Lipinski definition) is 1. The second-order valence-electron chi connectivity index (χ2n) is 2.83. The first-order valence-electron chi connectivity index (χ1n) is 4.02. The summed E-state index contributed by atoms with van der Waals surface area (Å²) in [5.41, 5.74) is 5.34. The topological polar surface area (TPSA) is 43.1 Å². The zero-order valence-corrected chi connectivity index (χ0v) is 7.18. The van der Waals surface area contributed by atoms with E-state index in [0.717, 1.165) is 12.8 Å². The van der Waals surface area contributed by atoms with E-state index >= 15 is 0 Å². The van der Waals surface area contributed by atoms with Crippen molar-refractivity contribution in [3.63, 3.8) is 0 Å². The van der Waals surface area contributed by atoms with Gasteiger partial charge in [0.25, 0.3) is 0 Å². The minimum atomic E-state index is 0.229. The van der Waals surface area contributed by atoms with Crippen LogP contribution < -0.4 is 5.73 Å². The maximum atomic E-state index is 10.7. The van der Waals surface area contributed by atoms with Gasteiger partial charge in [-0.1, -0.05) is 6.08 Å². The molecule has 64 valence electrons. The van der Waals surface area contributed by atoms with Crippen LogP contribution in [0.3, 0.4) is 0 Å². The van der Waals surface area contributed by atoms with E-state index in [9.17, 15) is 4.79 Å². The number of carbonyl (C=O) groups excluding carboxylic acids is 1. The monoisotopic (exact) mass is 155 g/mol. The van der Waals surface area contributed by atoms with Crippen LogP contribution in [-0.4, -0.2) is 12.3 Å². The lowest BCUT2D eigenvalue weighted by Gasteiger charge is -2.08. The van der Waals surface area contributed by atoms with Gasteiger partial charge < -0.3 is 10.5 Å². The summed E-state index contributed by atoms with van der Waals surface area (Å²) in [6.07, 6.45) is 4.42. The molecule has 0 unspecified atom stereocenters. The minimum absolute atomic E-state index is 0.229. The highest BCUT2D eigenvalue weighted by molar-refractivity contribution is 5.75. The quantitative estimate of drug-likeness (QED) is 0.591. The van der Waals surface area contributed by atoms with Gasteiger partial charge in [-0.3, -0.25) is 0 Å². The summed E-state index contributed by atoms with van der Waals surface area (Å²) >= 11 is 0. The molecular weight excluding hydrogens is 138 g/mol. The standard InChI is InChI=1S/C9H17NO/c1-3-9(5-4-6-10)7-8(2)11/h3,9H,1,4-7,10H2,2H3/t9-/m0/s1. The lowest BCUT2D eigenvalue weighted by molar-refractivity contribution is -0.117. The Morgan fingerprint density at radius 3 is 2.73 bits per heavy atom. The molecule has 1 atom stereocenters. The molecule has 0 aromatic rings. The molecule has 0 aliphatic rings. The first kappa shape index (κ1) is 10.4. The summed E-state index contributed by atoms with van der Waals surface area (Å²) in [4.78, 5) is 10.7. The Hall–Kier alpha value is -0.630. The first-order chi connectivity index (χ1) is 5.20. The van der Waals surface area contributed by atoms with Gasteiger partial charge in [0.2, 0.25) is 0 Å². The van der Waals surface area contributed by atoms with Gasteiger partial charge in [0.15, 0.2) is 0 Å². The molecule has 0 aliphatic carbocycles. The van der Waals surface area contributed by atoms with Gasteiger partial charge in [-0.15, -0.1) is 6.58 Å². The summed E-state index contributed by atoms with van der Waals surface area (Å²) in [6.45, 7) is 5.98. The second kappa shape index (κ2) is 6.10. The molecule has 11 heavy (non-hydrogen) atoms. The van der Waals surface area contributed by atoms with Crippen LogP contribution in [0.2, 0.25) is 0 Å². The van der Waals surface area contributed by atoms with E-state index in [2.05, 4.69) is 6.58 Å². The fraction of sp³-hybridized carbons (Fsp3) is 0.667. The summed E-state index contributed by atoms with van der Waals surface area (Å²) in [6, 6.07) is 0. The van der Waals surface area contributed by atoms with Crippen molar-refractivity contribution in [1.29, 1.82) is 0 Å². The number of Topliss-reactive ketones (excluding diaryl/α,β-unsaturated/α-hetero) is 1. The van der Waals surface area contributed by atoms with Crippen molar-refractivity contribution in [2.45, 2.75) is 26.2 Å². The molecule has 0 saturated heterocycles. The van der Waals surface area contributed by atoms with E-state index < -0.39 is 0 Å². The highest BCUT2D eigenvalue weighted by Crippen LogP contribution is 2.11. The average Bonchev–Trinajstić information content (AvgIpc) is 1.97. The molecule has 0 amide bonds. The number of allylic oxidation sites excluding steroid dienone is 1. The first-order valence-corrected chi connectivity index (χ1v) is 4.02. The van der Waals surface area contributed by atoms with Gasteiger partial charge in [-0.25, -0.2) is 0 Å². The second-order valence-corrected chi connectivity index (χ2v) is 2.83. The summed E-state index contributed by atoms with van der Waals surface area (Å²) in [5, 5.41) is 0. The molecule has 0 saturated carbocycles. The Kier molecular flexibility index (Phi) is 5.75. The fourth-order valence-electron chi connectivity index (χ4n) is 1.05. The van der Waals surface area contributed by atoms with E-state index in [1.165, 1.54) is 0 Å². The number of ketones is 1. The molecule has 0 fully saturated rings. The maximum Gasteiger partial charge on any atom is 0.130 e. The fourth-order valence-corrected chi connectivity index (χ4v) is 1.05. The van der Waals surface area contributed by atoms with Crippen LogP contribution in [0.1, 0.15) is 26.2 Å². The number of carbonyl (C=O) groups is 1. The van der Waals surface area contributed by atoms with E-state index in [-0.39, 0.29) is 5.78 Å². The Morgan fingerprint density at radius 1 is 1.73 bits per heavy atom. The van der Waals surface area contributed by atoms with Crippen molar-refractivity contribution in [3.05, 3.63) is 12.7 Å².